The van der Waals surface area contributed by atoms with E-state index in [4.69, 9.17) is 11.6 Å². The molecule has 146 valence electrons. The van der Waals surface area contributed by atoms with Crippen LogP contribution in [0.1, 0.15) is 5.56 Å². The molecule has 0 bridgehead atoms. The third-order valence-corrected chi connectivity index (χ3v) is 7.30. The zero-order valence-electron chi connectivity index (χ0n) is 14.7. The van der Waals surface area contributed by atoms with Crippen LogP contribution in [0.4, 0.5) is 15.8 Å². The highest BCUT2D eigenvalue weighted by Crippen LogP contribution is 2.27. The van der Waals surface area contributed by atoms with Crippen LogP contribution in [0.5, 0.6) is 0 Å². The third kappa shape index (κ3) is 4.52. The average molecular weight is 439 g/mol. The third-order valence-electron chi connectivity index (χ3n) is 3.91. The van der Waals surface area contributed by atoms with E-state index in [9.17, 15) is 17.6 Å². The lowest BCUT2D eigenvalue weighted by atomic mass is 10.2. The molecule has 0 fully saturated rings. The zero-order chi connectivity index (χ0) is 20.3. The van der Waals surface area contributed by atoms with Gasteiger partial charge in [0.1, 0.15) is 16.6 Å². The molecule has 9 heteroatoms. The van der Waals surface area contributed by atoms with Crippen molar-refractivity contribution in [1.29, 1.82) is 0 Å². The van der Waals surface area contributed by atoms with E-state index in [1.165, 1.54) is 18.2 Å². The molecule has 1 heterocycles. The Morgan fingerprint density at radius 2 is 1.89 bits per heavy atom. The number of halogens is 2. The average Bonchev–Trinajstić information content (AvgIpc) is 3.19. The predicted octanol–water partition coefficient (Wildman–Crippen LogP) is 4.68. The minimum atomic E-state index is -3.99. The van der Waals surface area contributed by atoms with Crippen molar-refractivity contribution in [3.05, 3.63) is 76.4 Å². The van der Waals surface area contributed by atoms with Gasteiger partial charge in [0, 0.05) is 10.7 Å². The van der Waals surface area contributed by atoms with Crippen LogP contribution in [0.15, 0.2) is 64.2 Å². The number of nitrogens with one attached hydrogen (secondary N) is 1. The summed E-state index contributed by atoms with van der Waals surface area (Å²) >= 11 is 7.00. The molecule has 0 saturated heterocycles. The van der Waals surface area contributed by atoms with Gasteiger partial charge in [0.2, 0.25) is 5.91 Å². The Morgan fingerprint density at radius 1 is 1.18 bits per heavy atom. The number of carbonyl (C=O) groups is 1. The Balaban J connectivity index is 1.92. The van der Waals surface area contributed by atoms with Crippen molar-refractivity contribution >= 4 is 50.2 Å². The molecule has 0 radical (unpaired) electrons. The fraction of sp³-hybridized carbons (Fsp3) is 0.105. The van der Waals surface area contributed by atoms with Crippen LogP contribution in [0.25, 0.3) is 0 Å². The van der Waals surface area contributed by atoms with Crippen molar-refractivity contribution in [2.75, 3.05) is 16.2 Å². The summed E-state index contributed by atoms with van der Waals surface area (Å²) in [5, 5.41) is 4.76. The smallest absolute Gasteiger partial charge is 0.274 e. The highest BCUT2D eigenvalue weighted by molar-refractivity contribution is 7.94. The normalized spacial score (nSPS) is 11.2. The van der Waals surface area contributed by atoms with E-state index in [-0.39, 0.29) is 9.90 Å². The number of hydrogen-bond acceptors (Lipinski definition) is 4. The SMILES string of the molecule is Cc1ccc(Cl)cc1NC(=O)CN(c1ccc(F)cc1)S(=O)(=O)c1cccs1. The number of benzene rings is 2. The monoisotopic (exact) mass is 438 g/mol. The fourth-order valence-electron chi connectivity index (χ4n) is 2.49. The molecular weight excluding hydrogens is 423 g/mol. The van der Waals surface area contributed by atoms with E-state index in [1.807, 2.05) is 0 Å². The lowest BCUT2D eigenvalue weighted by Crippen LogP contribution is -2.38. The largest absolute Gasteiger partial charge is 0.324 e. The predicted molar refractivity (Wildman–Crippen MR) is 110 cm³/mol. The lowest BCUT2D eigenvalue weighted by molar-refractivity contribution is -0.114. The maximum Gasteiger partial charge on any atom is 0.274 e. The number of sulfonamides is 1. The number of amides is 1. The number of hydrogen-bond donors (Lipinski definition) is 1. The molecule has 1 amide bonds. The Morgan fingerprint density at radius 3 is 2.54 bits per heavy atom. The number of carbonyl (C=O) groups excluding carboxylic acids is 1. The van der Waals surface area contributed by atoms with Gasteiger partial charge in [0.25, 0.3) is 10.0 Å². The summed E-state index contributed by atoms with van der Waals surface area (Å²) in [7, 11) is -3.99. The van der Waals surface area contributed by atoms with Crippen molar-refractivity contribution < 1.29 is 17.6 Å². The molecule has 28 heavy (non-hydrogen) atoms. The molecule has 0 aliphatic carbocycles. The van der Waals surface area contributed by atoms with Crippen LogP contribution >= 0.6 is 22.9 Å². The maximum atomic E-state index is 13.3. The maximum absolute atomic E-state index is 13.3. The summed E-state index contributed by atoms with van der Waals surface area (Å²) in [5.41, 5.74) is 1.46. The minimum absolute atomic E-state index is 0.0866. The molecule has 1 N–H and O–H groups in total. The lowest BCUT2D eigenvalue weighted by Gasteiger charge is -2.23. The van der Waals surface area contributed by atoms with Crippen molar-refractivity contribution in [1.82, 2.24) is 0 Å². The second kappa shape index (κ2) is 8.30. The van der Waals surface area contributed by atoms with Gasteiger partial charge in [-0.25, -0.2) is 12.8 Å². The zero-order valence-corrected chi connectivity index (χ0v) is 17.1. The van der Waals surface area contributed by atoms with Crippen LogP contribution in [-0.2, 0) is 14.8 Å². The quantitative estimate of drug-likeness (QED) is 0.607. The molecule has 0 spiro atoms. The van der Waals surface area contributed by atoms with Crippen molar-refractivity contribution in [2.24, 2.45) is 0 Å². The highest BCUT2D eigenvalue weighted by Gasteiger charge is 2.28. The molecule has 0 aliphatic rings. The summed E-state index contributed by atoms with van der Waals surface area (Å²) in [4.78, 5) is 12.6. The van der Waals surface area contributed by atoms with Gasteiger partial charge >= 0.3 is 0 Å². The minimum Gasteiger partial charge on any atom is -0.324 e. The van der Waals surface area contributed by atoms with Crippen molar-refractivity contribution in [3.8, 4) is 0 Å². The van der Waals surface area contributed by atoms with Gasteiger partial charge in [-0.2, -0.15) is 0 Å². The van der Waals surface area contributed by atoms with Crippen LogP contribution in [-0.4, -0.2) is 20.9 Å². The number of aryl methyl sites for hydroxylation is 1. The summed E-state index contributed by atoms with van der Waals surface area (Å²) in [6.07, 6.45) is 0. The first kappa shape index (κ1) is 20.3. The van der Waals surface area contributed by atoms with Gasteiger partial charge in [0.05, 0.1) is 5.69 Å². The second-order valence-corrected chi connectivity index (χ2v) is 9.40. The van der Waals surface area contributed by atoms with Gasteiger partial charge in [-0.3, -0.25) is 9.10 Å². The molecule has 0 aliphatic heterocycles. The summed E-state index contributed by atoms with van der Waals surface area (Å²) in [6, 6.07) is 13.0. The Bertz CT molecular complexity index is 1080. The molecule has 1 aromatic heterocycles. The van der Waals surface area contributed by atoms with Crippen LogP contribution in [0.3, 0.4) is 0 Å². The first-order chi connectivity index (χ1) is 13.3. The molecule has 3 rings (SSSR count). The summed E-state index contributed by atoms with van der Waals surface area (Å²) in [6.45, 7) is 1.32. The standard InChI is InChI=1S/C19H16ClFN2O3S2/c1-13-4-5-14(20)11-17(13)22-18(24)12-23(16-8-6-15(21)7-9-16)28(25,26)19-3-2-10-27-19/h2-11H,12H2,1H3,(H,22,24). The number of thiophene rings is 1. The van der Waals surface area contributed by atoms with E-state index in [0.29, 0.717) is 10.7 Å². The Hall–Kier alpha value is -2.42. The number of rotatable bonds is 6. The Labute approximate surface area is 171 Å². The summed E-state index contributed by atoms with van der Waals surface area (Å²) in [5.74, 6) is -1.05. The van der Waals surface area contributed by atoms with Crippen LogP contribution < -0.4 is 9.62 Å². The fourth-order valence-corrected chi connectivity index (χ4v) is 5.19. The number of nitrogens with zero attached hydrogens (tertiary/aromatic N) is 1. The molecule has 2 aromatic carbocycles. The van der Waals surface area contributed by atoms with Gasteiger partial charge in [-0.15, -0.1) is 11.3 Å². The van der Waals surface area contributed by atoms with E-state index in [2.05, 4.69) is 5.32 Å². The summed E-state index contributed by atoms with van der Waals surface area (Å²) < 4.78 is 40.4. The van der Waals surface area contributed by atoms with E-state index in [1.54, 1.807) is 36.6 Å². The Kier molecular flexibility index (Phi) is 6.02. The molecule has 0 atom stereocenters. The van der Waals surface area contributed by atoms with Gasteiger partial charge in [0.15, 0.2) is 0 Å². The second-order valence-electron chi connectivity index (χ2n) is 5.93. The van der Waals surface area contributed by atoms with E-state index < -0.39 is 28.3 Å². The van der Waals surface area contributed by atoms with Gasteiger partial charge < -0.3 is 5.32 Å². The molecule has 0 unspecified atom stereocenters. The molecular formula is C19H16ClFN2O3S2. The topological polar surface area (TPSA) is 66.5 Å². The van der Waals surface area contributed by atoms with Crippen LogP contribution in [0.2, 0.25) is 5.02 Å². The van der Waals surface area contributed by atoms with Crippen molar-refractivity contribution in [3.63, 3.8) is 0 Å². The van der Waals surface area contributed by atoms with Gasteiger partial charge in [-0.05, 0) is 60.3 Å². The first-order valence-electron chi connectivity index (χ1n) is 8.15. The van der Waals surface area contributed by atoms with Gasteiger partial charge in [-0.1, -0.05) is 23.7 Å². The molecule has 3 aromatic rings. The highest BCUT2D eigenvalue weighted by atomic mass is 35.5. The molecule has 5 nitrogen and oxygen atoms in total. The number of anilines is 2. The van der Waals surface area contributed by atoms with E-state index in [0.717, 1.165) is 33.3 Å². The first-order valence-corrected chi connectivity index (χ1v) is 10.8. The molecule has 0 saturated carbocycles. The van der Waals surface area contributed by atoms with Crippen LogP contribution in [0, 0.1) is 12.7 Å². The van der Waals surface area contributed by atoms with E-state index >= 15 is 0 Å². The van der Waals surface area contributed by atoms with Crippen molar-refractivity contribution in [2.45, 2.75) is 11.1 Å².